The first-order valence-electron chi connectivity index (χ1n) is 7.55. The highest BCUT2D eigenvalue weighted by molar-refractivity contribution is 5.82. The van der Waals surface area contributed by atoms with Crippen molar-refractivity contribution in [2.24, 2.45) is 5.92 Å². The van der Waals surface area contributed by atoms with Crippen molar-refractivity contribution in [2.75, 3.05) is 20.6 Å². The second kappa shape index (κ2) is 6.08. The topological polar surface area (TPSA) is 75.5 Å². The van der Waals surface area contributed by atoms with Gasteiger partial charge in [-0.25, -0.2) is 0 Å². The average molecular weight is 283 g/mol. The third kappa shape index (κ3) is 3.29. The molecule has 0 aromatic heterocycles. The predicted octanol–water partition coefficient (Wildman–Crippen LogP) is 1.42. The van der Waals surface area contributed by atoms with Crippen molar-refractivity contribution in [3.63, 3.8) is 0 Å². The summed E-state index contributed by atoms with van der Waals surface area (Å²) in [5.41, 5.74) is 0.0190. The lowest BCUT2D eigenvalue weighted by Crippen LogP contribution is -2.52. The van der Waals surface area contributed by atoms with E-state index in [0.717, 1.165) is 12.8 Å². The predicted molar refractivity (Wildman–Crippen MR) is 76.0 cm³/mol. The molecule has 0 aromatic rings. The standard InChI is InChI=1S/C14H25N3O3/c1-16(2)14(7-5-3-4-6-8-14)10-15-13(18)11-9-12(11)17(19)20/h11-12H,3-10H2,1-2H3,(H,15,18)/t11-,12-/m1/s1. The van der Waals surface area contributed by atoms with Crippen LogP contribution >= 0.6 is 0 Å². The van der Waals surface area contributed by atoms with Crippen molar-refractivity contribution in [2.45, 2.75) is 56.5 Å². The van der Waals surface area contributed by atoms with Crippen molar-refractivity contribution >= 4 is 5.91 Å². The summed E-state index contributed by atoms with van der Waals surface area (Å²) in [7, 11) is 4.13. The maximum Gasteiger partial charge on any atom is 0.230 e. The molecule has 2 rings (SSSR count). The lowest BCUT2D eigenvalue weighted by molar-refractivity contribution is -0.497. The van der Waals surface area contributed by atoms with Crippen molar-refractivity contribution in [3.8, 4) is 0 Å². The van der Waals surface area contributed by atoms with Crippen molar-refractivity contribution in [1.82, 2.24) is 10.2 Å². The fourth-order valence-electron chi connectivity index (χ4n) is 3.25. The van der Waals surface area contributed by atoms with Crippen LogP contribution in [-0.2, 0) is 4.79 Å². The molecule has 2 aliphatic rings. The van der Waals surface area contributed by atoms with Gasteiger partial charge in [0.2, 0.25) is 11.9 Å². The molecule has 114 valence electrons. The number of likely N-dealkylation sites (N-methyl/N-ethyl adjacent to an activating group) is 1. The SMILES string of the molecule is CN(C)C1(CNC(=O)[C@@H]2C[C@H]2[N+](=O)[O-])CCCCCC1. The summed E-state index contributed by atoms with van der Waals surface area (Å²) in [6.45, 7) is 0.611. The fourth-order valence-corrected chi connectivity index (χ4v) is 3.25. The Hall–Kier alpha value is -1.17. The van der Waals surface area contributed by atoms with Gasteiger partial charge in [0, 0.05) is 23.4 Å². The van der Waals surface area contributed by atoms with Gasteiger partial charge in [-0.3, -0.25) is 14.9 Å². The van der Waals surface area contributed by atoms with Crippen LogP contribution in [0.5, 0.6) is 0 Å². The second-order valence-corrected chi connectivity index (χ2v) is 6.45. The first kappa shape index (κ1) is 15.2. The van der Waals surface area contributed by atoms with E-state index in [9.17, 15) is 14.9 Å². The summed E-state index contributed by atoms with van der Waals surface area (Å²) >= 11 is 0. The molecule has 0 bridgehead atoms. The van der Waals surface area contributed by atoms with E-state index in [1.807, 2.05) is 0 Å². The molecule has 2 fully saturated rings. The van der Waals surface area contributed by atoms with E-state index >= 15 is 0 Å². The lowest BCUT2D eigenvalue weighted by Gasteiger charge is -2.39. The Morgan fingerprint density at radius 1 is 1.30 bits per heavy atom. The first-order chi connectivity index (χ1) is 9.46. The maximum atomic E-state index is 12.0. The summed E-state index contributed by atoms with van der Waals surface area (Å²) in [6.07, 6.45) is 7.47. The minimum atomic E-state index is -0.653. The van der Waals surface area contributed by atoms with Crippen LogP contribution in [0.15, 0.2) is 0 Å². The molecular weight excluding hydrogens is 258 g/mol. The molecule has 0 unspecified atom stereocenters. The van der Waals surface area contributed by atoms with Gasteiger partial charge >= 0.3 is 0 Å². The lowest BCUT2D eigenvalue weighted by atomic mass is 9.88. The van der Waals surface area contributed by atoms with Gasteiger partial charge in [0.05, 0.1) is 0 Å². The minimum absolute atomic E-state index is 0.0190. The fraction of sp³-hybridized carbons (Fsp3) is 0.929. The van der Waals surface area contributed by atoms with Gasteiger partial charge in [0.1, 0.15) is 5.92 Å². The monoisotopic (exact) mass is 283 g/mol. The zero-order valence-corrected chi connectivity index (χ0v) is 12.4. The molecule has 6 nitrogen and oxygen atoms in total. The van der Waals surface area contributed by atoms with Crippen LogP contribution in [0.4, 0.5) is 0 Å². The molecule has 0 radical (unpaired) electrons. The summed E-state index contributed by atoms with van der Waals surface area (Å²) < 4.78 is 0. The van der Waals surface area contributed by atoms with E-state index in [1.54, 1.807) is 0 Å². The molecule has 6 heteroatoms. The second-order valence-electron chi connectivity index (χ2n) is 6.45. The summed E-state index contributed by atoms with van der Waals surface area (Å²) in [5, 5.41) is 13.6. The van der Waals surface area contributed by atoms with Crippen LogP contribution in [0, 0.1) is 16.0 Å². The molecule has 20 heavy (non-hydrogen) atoms. The molecule has 2 atom stereocenters. The molecule has 1 N–H and O–H groups in total. The van der Waals surface area contributed by atoms with Gasteiger partial charge in [0.25, 0.3) is 0 Å². The number of hydrogen-bond acceptors (Lipinski definition) is 4. The van der Waals surface area contributed by atoms with Gasteiger partial charge in [-0.2, -0.15) is 0 Å². The van der Waals surface area contributed by atoms with Gasteiger partial charge in [-0.1, -0.05) is 25.7 Å². The molecule has 0 aromatic carbocycles. The van der Waals surface area contributed by atoms with E-state index in [4.69, 9.17) is 0 Å². The Kier molecular flexibility index (Phi) is 4.62. The van der Waals surface area contributed by atoms with Gasteiger partial charge < -0.3 is 10.2 Å². The van der Waals surface area contributed by atoms with Gasteiger partial charge in [-0.15, -0.1) is 0 Å². The summed E-state index contributed by atoms with van der Waals surface area (Å²) in [4.78, 5) is 24.5. The van der Waals surface area contributed by atoms with Gasteiger partial charge in [-0.05, 0) is 26.9 Å². The maximum absolute atomic E-state index is 12.0. The minimum Gasteiger partial charge on any atom is -0.354 e. The zero-order chi connectivity index (χ0) is 14.8. The molecular formula is C14H25N3O3. The third-order valence-electron chi connectivity index (χ3n) is 4.94. The molecule has 2 aliphatic carbocycles. The Balaban J connectivity index is 1.89. The zero-order valence-electron chi connectivity index (χ0n) is 12.4. The molecule has 0 saturated heterocycles. The van der Waals surface area contributed by atoms with Crippen LogP contribution in [0.25, 0.3) is 0 Å². The average Bonchev–Trinajstić information content (AvgIpc) is 3.20. The quantitative estimate of drug-likeness (QED) is 0.470. The number of amides is 1. The largest absolute Gasteiger partial charge is 0.354 e. The van der Waals surface area contributed by atoms with Crippen LogP contribution in [0.3, 0.4) is 0 Å². The Morgan fingerprint density at radius 3 is 2.35 bits per heavy atom. The number of nitrogens with zero attached hydrogens (tertiary/aromatic N) is 2. The van der Waals surface area contributed by atoms with Crippen LogP contribution < -0.4 is 5.32 Å². The van der Waals surface area contributed by atoms with E-state index in [2.05, 4.69) is 24.3 Å². The molecule has 0 aliphatic heterocycles. The first-order valence-corrected chi connectivity index (χ1v) is 7.55. The van der Waals surface area contributed by atoms with Crippen molar-refractivity contribution in [1.29, 1.82) is 0 Å². The van der Waals surface area contributed by atoms with Crippen molar-refractivity contribution < 1.29 is 9.72 Å². The summed E-state index contributed by atoms with van der Waals surface area (Å²) in [5.74, 6) is -0.549. The Bertz CT molecular complexity index is 376. The van der Waals surface area contributed by atoms with E-state index in [1.165, 1.54) is 25.7 Å². The van der Waals surface area contributed by atoms with E-state index in [-0.39, 0.29) is 16.4 Å². The van der Waals surface area contributed by atoms with Crippen LogP contribution in [0.2, 0.25) is 0 Å². The highest BCUT2D eigenvalue weighted by atomic mass is 16.6. The van der Waals surface area contributed by atoms with Gasteiger partial charge in [0.15, 0.2) is 0 Å². The number of nitro groups is 1. The highest BCUT2D eigenvalue weighted by Crippen LogP contribution is 2.34. The highest BCUT2D eigenvalue weighted by Gasteiger charge is 2.53. The van der Waals surface area contributed by atoms with Crippen molar-refractivity contribution in [3.05, 3.63) is 10.1 Å². The number of nitrogens with one attached hydrogen (secondary N) is 1. The molecule has 1 amide bonds. The van der Waals surface area contributed by atoms with Crippen LogP contribution in [0.1, 0.15) is 44.9 Å². The Labute approximate surface area is 120 Å². The van der Waals surface area contributed by atoms with E-state index in [0.29, 0.717) is 13.0 Å². The number of carbonyl (C=O) groups is 1. The molecule has 0 heterocycles. The summed E-state index contributed by atoms with van der Waals surface area (Å²) in [6, 6.07) is -0.653. The number of rotatable bonds is 5. The third-order valence-corrected chi connectivity index (χ3v) is 4.94. The van der Waals surface area contributed by atoms with E-state index < -0.39 is 12.0 Å². The number of hydrogen-bond donors (Lipinski definition) is 1. The Morgan fingerprint density at radius 2 is 1.90 bits per heavy atom. The smallest absolute Gasteiger partial charge is 0.230 e. The van der Waals surface area contributed by atoms with Crippen LogP contribution in [-0.4, -0.2) is 48.0 Å². The molecule has 2 saturated carbocycles. The normalized spacial score (nSPS) is 28.8. The number of carbonyl (C=O) groups excluding carboxylic acids is 1. The molecule has 0 spiro atoms.